The molecule has 0 unspecified atom stereocenters. The van der Waals surface area contributed by atoms with Crippen LogP contribution >= 0.6 is 0 Å². The number of carbonyl (C=O) groups excluding carboxylic acids is 1. The molecule has 0 radical (unpaired) electrons. The molecule has 0 amide bonds. The molecule has 0 spiro atoms. The van der Waals surface area contributed by atoms with Gasteiger partial charge in [0.1, 0.15) is 11.9 Å². The average molecular weight is 326 g/mol. The summed E-state index contributed by atoms with van der Waals surface area (Å²) in [5, 5.41) is 9.88. The number of hydrogen-bond donors (Lipinski definition) is 1. The zero-order chi connectivity index (χ0) is 17.5. The Balaban J connectivity index is 1.90. The van der Waals surface area contributed by atoms with Crippen LogP contribution in [0.15, 0.2) is 59.2 Å². The summed E-state index contributed by atoms with van der Waals surface area (Å²) in [5.41, 5.74) is 4.01. The molecule has 1 aliphatic heterocycles. The van der Waals surface area contributed by atoms with Crippen molar-refractivity contribution in [1.29, 1.82) is 0 Å². The Labute approximate surface area is 144 Å². The second-order valence-corrected chi connectivity index (χ2v) is 6.49. The molecule has 1 aliphatic rings. The first kappa shape index (κ1) is 18.1. The first-order chi connectivity index (χ1) is 11.5. The van der Waals surface area contributed by atoms with Crippen molar-refractivity contribution >= 4 is 5.97 Å². The molecule has 2 rings (SSSR count). The van der Waals surface area contributed by atoms with Crippen LogP contribution in [0.1, 0.15) is 58.1 Å². The van der Waals surface area contributed by atoms with E-state index >= 15 is 0 Å². The highest BCUT2D eigenvalue weighted by Crippen LogP contribution is 2.34. The third-order valence-corrected chi connectivity index (χ3v) is 4.09. The van der Waals surface area contributed by atoms with Crippen LogP contribution in [-0.4, -0.2) is 11.1 Å². The van der Waals surface area contributed by atoms with Gasteiger partial charge in [-0.05, 0) is 58.6 Å². The Bertz CT molecular complexity index is 676. The molecule has 1 atom stereocenters. The number of esters is 1. The lowest BCUT2D eigenvalue weighted by Gasteiger charge is -2.09. The maximum Gasteiger partial charge on any atom is 0.334 e. The summed E-state index contributed by atoms with van der Waals surface area (Å²) < 4.78 is 5.37. The number of phenols is 1. The Morgan fingerprint density at radius 2 is 1.92 bits per heavy atom. The zero-order valence-electron chi connectivity index (χ0n) is 14.7. The van der Waals surface area contributed by atoms with E-state index in [1.807, 2.05) is 12.1 Å². The van der Waals surface area contributed by atoms with Gasteiger partial charge in [0.2, 0.25) is 0 Å². The highest BCUT2D eigenvalue weighted by molar-refractivity contribution is 5.91. The van der Waals surface area contributed by atoms with E-state index in [1.54, 1.807) is 18.2 Å². The summed E-state index contributed by atoms with van der Waals surface area (Å²) in [4.78, 5) is 12.0. The van der Waals surface area contributed by atoms with Crippen LogP contribution in [0.3, 0.4) is 0 Å². The van der Waals surface area contributed by atoms with E-state index in [9.17, 15) is 9.90 Å². The van der Waals surface area contributed by atoms with Crippen LogP contribution in [0.4, 0.5) is 0 Å². The van der Waals surface area contributed by atoms with Crippen molar-refractivity contribution in [2.75, 3.05) is 0 Å². The predicted molar refractivity (Wildman–Crippen MR) is 96.7 cm³/mol. The second-order valence-electron chi connectivity index (χ2n) is 6.49. The molecule has 24 heavy (non-hydrogen) atoms. The molecule has 0 saturated heterocycles. The number of allylic oxidation sites excluding steroid dienone is 4. The lowest BCUT2D eigenvalue weighted by atomic mass is 10.0. The van der Waals surface area contributed by atoms with Crippen LogP contribution in [-0.2, 0) is 9.53 Å². The summed E-state index contributed by atoms with van der Waals surface area (Å²) in [5.74, 6) is -0.123. The van der Waals surface area contributed by atoms with Crippen LogP contribution in [0.2, 0.25) is 0 Å². The van der Waals surface area contributed by atoms with Crippen molar-refractivity contribution < 1.29 is 14.6 Å². The number of benzene rings is 1. The Morgan fingerprint density at radius 1 is 1.17 bits per heavy atom. The van der Waals surface area contributed by atoms with Crippen molar-refractivity contribution in [2.24, 2.45) is 0 Å². The summed E-state index contributed by atoms with van der Waals surface area (Å²) in [6.45, 7) is 6.35. The fraction of sp³-hybridized carbons (Fsp3) is 0.381. The van der Waals surface area contributed by atoms with Gasteiger partial charge in [0, 0.05) is 11.1 Å². The molecule has 1 aromatic carbocycles. The molecule has 0 aromatic heterocycles. The van der Waals surface area contributed by atoms with Gasteiger partial charge in [0.25, 0.3) is 0 Å². The van der Waals surface area contributed by atoms with E-state index in [0.717, 1.165) is 19.3 Å². The molecule has 1 heterocycles. The molecule has 1 aromatic rings. The van der Waals surface area contributed by atoms with Crippen molar-refractivity contribution in [3.8, 4) is 5.75 Å². The van der Waals surface area contributed by atoms with Gasteiger partial charge in [-0.1, -0.05) is 41.5 Å². The molecule has 3 nitrogen and oxygen atoms in total. The largest absolute Gasteiger partial charge is 0.508 e. The topological polar surface area (TPSA) is 46.5 Å². The summed E-state index contributed by atoms with van der Waals surface area (Å²) in [6.07, 6.45) is 9.39. The number of hydrogen-bond acceptors (Lipinski definition) is 3. The Hall–Kier alpha value is -2.29. The number of para-hydroxylation sites is 1. The van der Waals surface area contributed by atoms with E-state index in [-0.39, 0.29) is 11.7 Å². The molecular formula is C21H26O3. The standard InChI is InChI=1S/C21H26O3/c1-15(2)8-6-9-16(3)10-7-11-17-14-20(24-21(17)23)18-12-4-5-13-19(18)22/h4-5,8,10,12-14,20,22H,6-7,9,11H2,1-3H3/b16-10+/t20-/m0/s1. The quantitative estimate of drug-likeness (QED) is 0.540. The maximum absolute atomic E-state index is 12.0. The first-order valence-electron chi connectivity index (χ1n) is 8.46. The molecule has 128 valence electrons. The van der Waals surface area contributed by atoms with Crippen LogP contribution in [0.5, 0.6) is 5.75 Å². The van der Waals surface area contributed by atoms with Crippen LogP contribution in [0, 0.1) is 0 Å². The maximum atomic E-state index is 12.0. The van der Waals surface area contributed by atoms with Gasteiger partial charge in [0.15, 0.2) is 0 Å². The Kier molecular flexibility index (Phi) is 6.42. The zero-order valence-corrected chi connectivity index (χ0v) is 14.7. The molecule has 3 heteroatoms. The lowest BCUT2D eigenvalue weighted by Crippen LogP contribution is -2.02. The van der Waals surface area contributed by atoms with Crippen molar-refractivity contribution in [3.05, 3.63) is 64.8 Å². The van der Waals surface area contributed by atoms with Gasteiger partial charge in [-0.3, -0.25) is 0 Å². The van der Waals surface area contributed by atoms with Crippen molar-refractivity contribution in [1.82, 2.24) is 0 Å². The number of ether oxygens (including phenoxy) is 1. The minimum Gasteiger partial charge on any atom is -0.508 e. The monoisotopic (exact) mass is 326 g/mol. The van der Waals surface area contributed by atoms with E-state index in [1.165, 1.54) is 11.1 Å². The number of carbonyl (C=O) groups is 1. The molecule has 0 saturated carbocycles. The summed E-state index contributed by atoms with van der Waals surface area (Å²) >= 11 is 0. The SMILES string of the molecule is CC(C)=CCC/C(C)=C/CCC1=C[C@@H](c2ccccc2O)OC1=O. The van der Waals surface area contributed by atoms with E-state index < -0.39 is 6.10 Å². The van der Waals surface area contributed by atoms with Crippen molar-refractivity contribution in [3.63, 3.8) is 0 Å². The fourth-order valence-corrected chi connectivity index (χ4v) is 2.71. The van der Waals surface area contributed by atoms with Gasteiger partial charge in [0.05, 0.1) is 0 Å². The minimum atomic E-state index is -0.476. The fourth-order valence-electron chi connectivity index (χ4n) is 2.71. The number of cyclic esters (lactones) is 1. The van der Waals surface area contributed by atoms with Gasteiger partial charge >= 0.3 is 5.97 Å². The smallest absolute Gasteiger partial charge is 0.334 e. The van der Waals surface area contributed by atoms with E-state index in [0.29, 0.717) is 17.6 Å². The van der Waals surface area contributed by atoms with Crippen molar-refractivity contribution in [2.45, 2.75) is 52.6 Å². The van der Waals surface area contributed by atoms with Crippen LogP contribution in [0.25, 0.3) is 0 Å². The minimum absolute atomic E-state index is 0.155. The van der Waals surface area contributed by atoms with Crippen LogP contribution < -0.4 is 0 Å². The number of rotatable bonds is 7. The highest BCUT2D eigenvalue weighted by atomic mass is 16.5. The first-order valence-corrected chi connectivity index (χ1v) is 8.46. The van der Waals surface area contributed by atoms with Gasteiger partial charge in [-0.15, -0.1) is 0 Å². The number of phenolic OH excluding ortho intramolecular Hbond substituents is 1. The van der Waals surface area contributed by atoms with Gasteiger partial charge in [-0.25, -0.2) is 4.79 Å². The van der Waals surface area contributed by atoms with Gasteiger partial charge < -0.3 is 9.84 Å². The normalized spacial score (nSPS) is 17.5. The summed E-state index contributed by atoms with van der Waals surface area (Å²) in [7, 11) is 0. The Morgan fingerprint density at radius 3 is 2.62 bits per heavy atom. The molecule has 0 bridgehead atoms. The third kappa shape index (κ3) is 5.12. The summed E-state index contributed by atoms with van der Waals surface area (Å²) in [6, 6.07) is 6.96. The van der Waals surface area contributed by atoms with Gasteiger partial charge in [-0.2, -0.15) is 0 Å². The van der Waals surface area contributed by atoms with E-state index in [4.69, 9.17) is 4.74 Å². The average Bonchev–Trinajstić information content (AvgIpc) is 2.88. The highest BCUT2D eigenvalue weighted by Gasteiger charge is 2.27. The third-order valence-electron chi connectivity index (χ3n) is 4.09. The predicted octanol–water partition coefficient (Wildman–Crippen LogP) is 5.39. The molecular weight excluding hydrogens is 300 g/mol. The lowest BCUT2D eigenvalue weighted by molar-refractivity contribution is -0.140. The van der Waals surface area contributed by atoms with E-state index in [2.05, 4.69) is 32.9 Å². The second kappa shape index (κ2) is 8.53. The molecule has 0 fully saturated rings. The number of aromatic hydroxyl groups is 1. The molecule has 1 N–H and O–H groups in total. The molecule has 0 aliphatic carbocycles.